The highest BCUT2D eigenvalue weighted by molar-refractivity contribution is 6.29. The molecule has 0 bridgehead atoms. The first-order valence-corrected chi connectivity index (χ1v) is 5.61. The molecule has 1 aromatic heterocycles. The number of halogens is 3. The summed E-state index contributed by atoms with van der Waals surface area (Å²) in [7, 11) is 0. The molecule has 0 atom stereocenters. The van der Waals surface area contributed by atoms with Gasteiger partial charge in [-0.25, -0.2) is 8.78 Å². The zero-order chi connectivity index (χ0) is 14.0. The number of rotatable bonds is 2. The summed E-state index contributed by atoms with van der Waals surface area (Å²) in [5, 5.41) is 9.36. The molecule has 2 aromatic rings. The van der Waals surface area contributed by atoms with Crippen LogP contribution in [0.2, 0.25) is 5.15 Å². The normalized spacial score (nSPS) is 10.3. The zero-order valence-corrected chi connectivity index (χ0v) is 10.5. The van der Waals surface area contributed by atoms with Crippen molar-refractivity contribution in [2.45, 2.75) is 6.92 Å². The van der Waals surface area contributed by atoms with E-state index in [9.17, 15) is 13.6 Å². The van der Waals surface area contributed by atoms with Crippen LogP contribution >= 0.6 is 11.6 Å². The van der Waals surface area contributed by atoms with Gasteiger partial charge in [0, 0.05) is 6.07 Å². The minimum atomic E-state index is -0.728. The van der Waals surface area contributed by atoms with E-state index in [1.165, 1.54) is 19.1 Å². The van der Waals surface area contributed by atoms with Crippen LogP contribution in [0, 0.1) is 18.6 Å². The molecule has 1 N–H and O–H groups in total. The van der Waals surface area contributed by atoms with Crippen molar-refractivity contribution in [3.05, 3.63) is 52.3 Å². The van der Waals surface area contributed by atoms with E-state index in [1.807, 2.05) is 0 Å². The van der Waals surface area contributed by atoms with Crippen LogP contribution < -0.4 is 5.32 Å². The molecule has 0 spiro atoms. The molecule has 98 valence electrons. The Morgan fingerprint density at radius 1 is 1.21 bits per heavy atom. The van der Waals surface area contributed by atoms with Gasteiger partial charge in [0.05, 0.1) is 5.69 Å². The van der Waals surface area contributed by atoms with Crippen molar-refractivity contribution in [1.29, 1.82) is 0 Å². The maximum absolute atomic E-state index is 13.5. The van der Waals surface area contributed by atoms with E-state index < -0.39 is 17.5 Å². The van der Waals surface area contributed by atoms with Crippen LogP contribution in [-0.4, -0.2) is 16.1 Å². The van der Waals surface area contributed by atoms with E-state index in [0.717, 1.165) is 12.1 Å². The first-order chi connectivity index (χ1) is 8.97. The topological polar surface area (TPSA) is 54.9 Å². The van der Waals surface area contributed by atoms with Crippen LogP contribution in [0.4, 0.5) is 14.5 Å². The lowest BCUT2D eigenvalue weighted by molar-refractivity contribution is 0.102. The van der Waals surface area contributed by atoms with Gasteiger partial charge in [0.2, 0.25) is 0 Å². The van der Waals surface area contributed by atoms with Gasteiger partial charge in [0.15, 0.2) is 10.8 Å². The van der Waals surface area contributed by atoms with Crippen molar-refractivity contribution in [2.24, 2.45) is 0 Å². The number of carbonyl (C=O) groups is 1. The molecule has 0 unspecified atom stereocenters. The fourth-order valence-corrected chi connectivity index (χ4v) is 1.47. The Hall–Kier alpha value is -2.08. The summed E-state index contributed by atoms with van der Waals surface area (Å²) in [6, 6.07) is 4.60. The second-order valence-corrected chi connectivity index (χ2v) is 4.16. The van der Waals surface area contributed by atoms with E-state index in [1.54, 1.807) is 0 Å². The molecule has 0 aliphatic carbocycles. The Morgan fingerprint density at radius 2 is 1.95 bits per heavy atom. The number of benzene rings is 1. The quantitative estimate of drug-likeness (QED) is 0.922. The van der Waals surface area contributed by atoms with Crippen LogP contribution in [0.15, 0.2) is 24.3 Å². The fourth-order valence-electron chi connectivity index (χ4n) is 1.37. The van der Waals surface area contributed by atoms with Crippen molar-refractivity contribution < 1.29 is 13.6 Å². The number of hydrogen-bond acceptors (Lipinski definition) is 3. The Labute approximate surface area is 112 Å². The monoisotopic (exact) mass is 283 g/mol. The Bertz CT molecular complexity index is 632. The molecule has 1 amide bonds. The summed E-state index contributed by atoms with van der Waals surface area (Å²) in [5.74, 6) is -2.04. The number of aryl methyl sites for hydroxylation is 1. The lowest BCUT2D eigenvalue weighted by atomic mass is 10.2. The Kier molecular flexibility index (Phi) is 3.71. The SMILES string of the molecule is Cc1cc(F)c(NC(=O)c2ccc(Cl)nn2)cc1F. The van der Waals surface area contributed by atoms with Gasteiger partial charge in [-0.15, -0.1) is 10.2 Å². The third kappa shape index (κ3) is 3.03. The van der Waals surface area contributed by atoms with Gasteiger partial charge < -0.3 is 5.32 Å². The number of nitrogens with zero attached hydrogens (tertiary/aromatic N) is 2. The summed E-state index contributed by atoms with van der Waals surface area (Å²) < 4.78 is 26.8. The van der Waals surface area contributed by atoms with Crippen molar-refractivity contribution in [2.75, 3.05) is 5.32 Å². The number of aromatic nitrogens is 2. The number of carbonyl (C=O) groups excluding carboxylic acids is 1. The van der Waals surface area contributed by atoms with E-state index in [2.05, 4.69) is 15.5 Å². The standard InChI is InChI=1S/C12H8ClF2N3O/c1-6-4-8(15)10(5-7(6)14)16-12(19)9-2-3-11(13)18-17-9/h2-5H,1H3,(H,16,19). The zero-order valence-electron chi connectivity index (χ0n) is 9.75. The molecule has 0 saturated heterocycles. The van der Waals surface area contributed by atoms with Crippen LogP contribution in [0.25, 0.3) is 0 Å². The van der Waals surface area contributed by atoms with E-state index in [4.69, 9.17) is 11.6 Å². The predicted octanol–water partition coefficient (Wildman–Crippen LogP) is 2.97. The van der Waals surface area contributed by atoms with Gasteiger partial charge in [0.25, 0.3) is 5.91 Å². The number of hydrogen-bond donors (Lipinski definition) is 1. The molecule has 0 aliphatic rings. The third-order valence-electron chi connectivity index (χ3n) is 2.36. The second kappa shape index (κ2) is 5.27. The van der Waals surface area contributed by atoms with Gasteiger partial charge in [-0.1, -0.05) is 11.6 Å². The molecule has 7 heteroatoms. The molecule has 4 nitrogen and oxygen atoms in total. The summed E-state index contributed by atoms with van der Waals surface area (Å²) in [4.78, 5) is 11.7. The Morgan fingerprint density at radius 3 is 2.58 bits per heavy atom. The molecule has 0 fully saturated rings. The minimum absolute atomic E-state index is 0.0511. The molecule has 0 saturated carbocycles. The molecule has 0 radical (unpaired) electrons. The van der Waals surface area contributed by atoms with Crippen LogP contribution in [0.3, 0.4) is 0 Å². The predicted molar refractivity (Wildman–Crippen MR) is 66.1 cm³/mol. The van der Waals surface area contributed by atoms with E-state index >= 15 is 0 Å². The summed E-state index contributed by atoms with van der Waals surface area (Å²) in [6.45, 7) is 1.43. The van der Waals surface area contributed by atoms with Crippen molar-refractivity contribution in [3.63, 3.8) is 0 Å². The molecule has 2 rings (SSSR count). The van der Waals surface area contributed by atoms with Gasteiger partial charge >= 0.3 is 0 Å². The maximum Gasteiger partial charge on any atom is 0.276 e. The van der Waals surface area contributed by atoms with Gasteiger partial charge in [0.1, 0.15) is 11.6 Å². The first kappa shape index (κ1) is 13.4. The van der Waals surface area contributed by atoms with Crippen LogP contribution in [0.1, 0.15) is 16.1 Å². The largest absolute Gasteiger partial charge is 0.318 e. The lowest BCUT2D eigenvalue weighted by Crippen LogP contribution is -2.15. The summed E-state index contributed by atoms with van der Waals surface area (Å²) in [6.07, 6.45) is 0. The smallest absolute Gasteiger partial charge is 0.276 e. The van der Waals surface area contributed by atoms with Crippen molar-refractivity contribution >= 4 is 23.2 Å². The molecular weight excluding hydrogens is 276 g/mol. The highest BCUT2D eigenvalue weighted by Gasteiger charge is 2.13. The van der Waals surface area contributed by atoms with Gasteiger partial charge in [-0.2, -0.15) is 0 Å². The first-order valence-electron chi connectivity index (χ1n) is 5.23. The number of anilines is 1. The average molecular weight is 284 g/mol. The van der Waals surface area contributed by atoms with Crippen molar-refractivity contribution in [1.82, 2.24) is 10.2 Å². The maximum atomic E-state index is 13.5. The average Bonchev–Trinajstić information content (AvgIpc) is 2.36. The van der Waals surface area contributed by atoms with Gasteiger partial charge in [-0.3, -0.25) is 4.79 Å². The Balaban J connectivity index is 2.24. The molecule has 1 aromatic carbocycles. The molecular formula is C12H8ClF2N3O. The van der Waals surface area contributed by atoms with Crippen LogP contribution in [0.5, 0.6) is 0 Å². The summed E-state index contributed by atoms with van der Waals surface area (Å²) in [5.41, 5.74) is -0.156. The fraction of sp³-hybridized carbons (Fsp3) is 0.0833. The lowest BCUT2D eigenvalue weighted by Gasteiger charge is -2.07. The number of nitrogens with one attached hydrogen (secondary N) is 1. The van der Waals surface area contributed by atoms with Crippen LogP contribution in [-0.2, 0) is 0 Å². The third-order valence-corrected chi connectivity index (χ3v) is 2.56. The van der Waals surface area contributed by atoms with Gasteiger partial charge in [-0.05, 0) is 30.7 Å². The second-order valence-electron chi connectivity index (χ2n) is 3.78. The molecule has 0 aliphatic heterocycles. The number of amides is 1. The molecule has 19 heavy (non-hydrogen) atoms. The van der Waals surface area contributed by atoms with E-state index in [0.29, 0.717) is 0 Å². The minimum Gasteiger partial charge on any atom is -0.318 e. The highest BCUT2D eigenvalue weighted by Crippen LogP contribution is 2.19. The van der Waals surface area contributed by atoms with E-state index in [-0.39, 0.29) is 22.1 Å². The highest BCUT2D eigenvalue weighted by atomic mass is 35.5. The molecule has 1 heterocycles. The van der Waals surface area contributed by atoms with Crippen molar-refractivity contribution in [3.8, 4) is 0 Å². The summed E-state index contributed by atoms with van der Waals surface area (Å²) >= 11 is 5.53.